The summed E-state index contributed by atoms with van der Waals surface area (Å²) in [5, 5.41) is 11.8. The van der Waals surface area contributed by atoms with Crippen molar-refractivity contribution in [3.63, 3.8) is 0 Å². The van der Waals surface area contributed by atoms with Crippen LogP contribution in [-0.4, -0.2) is 41.6 Å². The van der Waals surface area contributed by atoms with Gasteiger partial charge in [-0.1, -0.05) is 0 Å². The van der Waals surface area contributed by atoms with Crippen LogP contribution >= 0.6 is 0 Å². The molecule has 1 aliphatic rings. The maximum Gasteiger partial charge on any atom is 0.317 e. The fraction of sp³-hybridized carbons (Fsp3) is 0.538. The van der Waals surface area contributed by atoms with E-state index in [0.717, 1.165) is 12.2 Å². The third-order valence-corrected chi connectivity index (χ3v) is 3.29. The molecular weight excluding hydrogens is 248 g/mol. The number of nitrogens with one attached hydrogen (secondary N) is 1. The molecule has 6 heteroatoms. The lowest BCUT2D eigenvalue weighted by Crippen LogP contribution is -2.47. The molecule has 2 heterocycles. The van der Waals surface area contributed by atoms with E-state index in [1.54, 1.807) is 17.2 Å². The molecule has 2 rings (SSSR count). The van der Waals surface area contributed by atoms with Gasteiger partial charge in [-0.2, -0.15) is 0 Å². The van der Waals surface area contributed by atoms with Crippen LogP contribution in [0.25, 0.3) is 0 Å². The van der Waals surface area contributed by atoms with Crippen molar-refractivity contribution in [1.82, 2.24) is 10.2 Å². The van der Waals surface area contributed by atoms with Crippen molar-refractivity contribution in [3.8, 4) is 0 Å². The van der Waals surface area contributed by atoms with E-state index in [2.05, 4.69) is 5.32 Å². The number of carboxylic acid groups (broad SMARTS) is 1. The number of likely N-dealkylation sites (tertiary alicyclic amines) is 1. The fourth-order valence-electron chi connectivity index (χ4n) is 2.22. The first-order valence-electron chi connectivity index (χ1n) is 6.45. The van der Waals surface area contributed by atoms with Crippen molar-refractivity contribution in [1.29, 1.82) is 0 Å². The van der Waals surface area contributed by atoms with E-state index in [0.29, 0.717) is 32.5 Å². The van der Waals surface area contributed by atoms with Crippen molar-refractivity contribution in [2.24, 2.45) is 5.92 Å². The van der Waals surface area contributed by atoms with Crippen LogP contribution in [0, 0.1) is 5.92 Å². The Balaban J connectivity index is 1.74. The molecule has 1 aromatic rings. The summed E-state index contributed by atoms with van der Waals surface area (Å²) in [6.07, 6.45) is 3.61. The number of urea groups is 1. The lowest BCUT2D eigenvalue weighted by molar-refractivity contribution is -0.143. The molecule has 1 aliphatic heterocycles. The number of carbonyl (C=O) groups excluding carboxylic acids is 1. The molecule has 0 radical (unpaired) electrons. The minimum Gasteiger partial charge on any atom is -0.481 e. The smallest absolute Gasteiger partial charge is 0.317 e. The third kappa shape index (κ3) is 3.74. The molecule has 1 fully saturated rings. The summed E-state index contributed by atoms with van der Waals surface area (Å²) in [4.78, 5) is 24.4. The Morgan fingerprint density at radius 1 is 1.53 bits per heavy atom. The van der Waals surface area contributed by atoms with Gasteiger partial charge >= 0.3 is 12.0 Å². The molecule has 2 N–H and O–H groups in total. The molecule has 0 aromatic carbocycles. The van der Waals surface area contributed by atoms with Crippen LogP contribution in [0.1, 0.15) is 18.6 Å². The summed E-state index contributed by atoms with van der Waals surface area (Å²) in [5.74, 6) is -0.444. The molecule has 1 saturated heterocycles. The standard InChI is InChI=1S/C13H18N2O4/c16-12(17)10-3-1-7-15(9-10)13(18)14-6-5-11-4-2-8-19-11/h2,4,8,10H,1,3,5-7,9H2,(H,14,18)(H,16,17)/t10-/m1/s1. The second-order valence-electron chi connectivity index (χ2n) is 4.68. The molecule has 1 atom stereocenters. The Hall–Kier alpha value is -1.98. The number of amides is 2. The van der Waals surface area contributed by atoms with Crippen LogP contribution in [0.15, 0.2) is 22.8 Å². The van der Waals surface area contributed by atoms with Crippen LogP contribution in [0.4, 0.5) is 4.79 Å². The Kier molecular flexibility index (Phi) is 4.43. The Bertz CT molecular complexity index is 430. The average molecular weight is 266 g/mol. The molecule has 0 bridgehead atoms. The van der Waals surface area contributed by atoms with Crippen molar-refractivity contribution in [2.45, 2.75) is 19.3 Å². The highest BCUT2D eigenvalue weighted by Gasteiger charge is 2.27. The van der Waals surface area contributed by atoms with Gasteiger partial charge in [0.1, 0.15) is 5.76 Å². The predicted octanol–water partition coefficient (Wildman–Crippen LogP) is 1.33. The Labute approximate surface area is 111 Å². The summed E-state index contributed by atoms with van der Waals surface area (Å²) in [7, 11) is 0. The van der Waals surface area contributed by atoms with E-state index < -0.39 is 11.9 Å². The highest BCUT2D eigenvalue weighted by atomic mass is 16.4. The second-order valence-corrected chi connectivity index (χ2v) is 4.68. The zero-order valence-electron chi connectivity index (χ0n) is 10.7. The first-order valence-corrected chi connectivity index (χ1v) is 6.45. The van der Waals surface area contributed by atoms with Gasteiger partial charge in [0.15, 0.2) is 0 Å². The highest BCUT2D eigenvalue weighted by molar-refractivity contribution is 5.76. The van der Waals surface area contributed by atoms with Crippen LogP contribution in [0.2, 0.25) is 0 Å². The Morgan fingerprint density at radius 3 is 3.05 bits per heavy atom. The summed E-state index contributed by atoms with van der Waals surface area (Å²) in [6.45, 7) is 1.40. The minimum atomic E-state index is -0.826. The largest absolute Gasteiger partial charge is 0.481 e. The number of carboxylic acids is 1. The molecule has 0 spiro atoms. The number of rotatable bonds is 4. The molecule has 104 valence electrons. The maximum absolute atomic E-state index is 11.9. The first kappa shape index (κ1) is 13.5. The van der Waals surface area contributed by atoms with E-state index in [4.69, 9.17) is 9.52 Å². The Morgan fingerprint density at radius 2 is 2.37 bits per heavy atom. The molecular formula is C13H18N2O4. The van der Waals surface area contributed by atoms with Crippen molar-refractivity contribution in [3.05, 3.63) is 24.2 Å². The predicted molar refractivity (Wildman–Crippen MR) is 67.7 cm³/mol. The number of hydrogen-bond donors (Lipinski definition) is 2. The fourth-order valence-corrected chi connectivity index (χ4v) is 2.22. The lowest BCUT2D eigenvalue weighted by Gasteiger charge is -2.30. The average Bonchev–Trinajstić information content (AvgIpc) is 2.92. The van der Waals surface area contributed by atoms with Crippen molar-refractivity contribution < 1.29 is 19.1 Å². The SMILES string of the molecule is O=C(O)[C@@H]1CCCN(C(=O)NCCc2ccco2)C1. The van der Waals surface area contributed by atoms with Gasteiger partial charge in [-0.25, -0.2) is 4.79 Å². The van der Waals surface area contributed by atoms with Gasteiger partial charge in [0.25, 0.3) is 0 Å². The summed E-state index contributed by atoms with van der Waals surface area (Å²) >= 11 is 0. The van der Waals surface area contributed by atoms with Crippen LogP contribution in [-0.2, 0) is 11.2 Å². The van der Waals surface area contributed by atoms with E-state index in [1.165, 1.54) is 0 Å². The minimum absolute atomic E-state index is 0.197. The summed E-state index contributed by atoms with van der Waals surface area (Å²) in [5.41, 5.74) is 0. The van der Waals surface area contributed by atoms with Crippen molar-refractivity contribution in [2.75, 3.05) is 19.6 Å². The summed E-state index contributed by atoms with van der Waals surface area (Å²) in [6, 6.07) is 3.46. The number of hydrogen-bond acceptors (Lipinski definition) is 3. The third-order valence-electron chi connectivity index (χ3n) is 3.29. The quantitative estimate of drug-likeness (QED) is 0.861. The van der Waals surface area contributed by atoms with E-state index >= 15 is 0 Å². The van der Waals surface area contributed by atoms with Crippen LogP contribution in [0.3, 0.4) is 0 Å². The van der Waals surface area contributed by atoms with Gasteiger partial charge in [-0.15, -0.1) is 0 Å². The van der Waals surface area contributed by atoms with E-state index in [-0.39, 0.29) is 6.03 Å². The molecule has 0 aliphatic carbocycles. The highest BCUT2D eigenvalue weighted by Crippen LogP contribution is 2.16. The monoisotopic (exact) mass is 266 g/mol. The van der Waals surface area contributed by atoms with Gasteiger partial charge in [-0.3, -0.25) is 4.79 Å². The zero-order chi connectivity index (χ0) is 13.7. The number of furan rings is 1. The molecule has 2 amide bonds. The normalized spacial score (nSPS) is 19.2. The van der Waals surface area contributed by atoms with Gasteiger partial charge in [-0.05, 0) is 25.0 Å². The number of piperidine rings is 1. The van der Waals surface area contributed by atoms with Crippen LogP contribution < -0.4 is 5.32 Å². The zero-order valence-corrected chi connectivity index (χ0v) is 10.7. The van der Waals surface area contributed by atoms with E-state index in [9.17, 15) is 9.59 Å². The first-order chi connectivity index (χ1) is 9.16. The molecule has 19 heavy (non-hydrogen) atoms. The number of aliphatic carboxylic acids is 1. The lowest BCUT2D eigenvalue weighted by atomic mass is 9.99. The molecule has 1 aromatic heterocycles. The van der Waals surface area contributed by atoms with Crippen LogP contribution in [0.5, 0.6) is 0 Å². The second kappa shape index (κ2) is 6.26. The van der Waals surface area contributed by atoms with Gasteiger partial charge in [0.05, 0.1) is 12.2 Å². The van der Waals surface area contributed by atoms with Gasteiger partial charge in [0, 0.05) is 26.1 Å². The van der Waals surface area contributed by atoms with E-state index in [1.807, 2.05) is 6.07 Å². The van der Waals surface area contributed by atoms with Crippen molar-refractivity contribution >= 4 is 12.0 Å². The van der Waals surface area contributed by atoms with Gasteiger partial charge < -0.3 is 19.7 Å². The number of nitrogens with zero attached hydrogens (tertiary/aromatic N) is 1. The topological polar surface area (TPSA) is 82.8 Å². The van der Waals surface area contributed by atoms with Gasteiger partial charge in [0.2, 0.25) is 0 Å². The molecule has 0 saturated carbocycles. The maximum atomic E-state index is 11.9. The summed E-state index contributed by atoms with van der Waals surface area (Å²) < 4.78 is 5.17. The molecule has 0 unspecified atom stereocenters. The molecule has 6 nitrogen and oxygen atoms in total. The number of carbonyl (C=O) groups is 2.